The first-order valence-electron chi connectivity index (χ1n) is 6.02. The van der Waals surface area contributed by atoms with E-state index in [1.165, 1.54) is 12.8 Å². The number of aliphatic hydroxyl groups is 1. The summed E-state index contributed by atoms with van der Waals surface area (Å²) in [5.41, 5.74) is 0. The molecule has 3 heteroatoms. The highest BCUT2D eigenvalue weighted by atomic mass is 16.2. The third kappa shape index (κ3) is 4.20. The quantitative estimate of drug-likeness (QED) is 0.653. The molecule has 0 bridgehead atoms. The summed E-state index contributed by atoms with van der Waals surface area (Å²) in [5, 5.41) is 8.63. The zero-order valence-electron chi connectivity index (χ0n) is 9.91. The van der Waals surface area contributed by atoms with Crippen LogP contribution in [0.15, 0.2) is 0 Å². The second-order valence-electron chi connectivity index (χ2n) is 4.67. The van der Waals surface area contributed by atoms with Crippen molar-refractivity contribution in [1.82, 2.24) is 4.90 Å². The van der Waals surface area contributed by atoms with Crippen molar-refractivity contribution in [2.75, 3.05) is 20.2 Å². The minimum absolute atomic E-state index is 0.216. The summed E-state index contributed by atoms with van der Waals surface area (Å²) in [5.74, 6) is 1.16. The molecule has 3 nitrogen and oxygen atoms in total. The monoisotopic (exact) mass is 213 g/mol. The zero-order valence-corrected chi connectivity index (χ0v) is 9.91. The smallest absolute Gasteiger partial charge is 0.225 e. The van der Waals surface area contributed by atoms with E-state index < -0.39 is 0 Å². The van der Waals surface area contributed by atoms with Crippen molar-refractivity contribution in [2.24, 2.45) is 11.8 Å². The van der Waals surface area contributed by atoms with E-state index in [1.807, 2.05) is 18.9 Å². The van der Waals surface area contributed by atoms with Crippen molar-refractivity contribution in [3.63, 3.8) is 0 Å². The van der Waals surface area contributed by atoms with Crippen LogP contribution in [-0.2, 0) is 4.79 Å². The molecule has 1 aliphatic rings. The van der Waals surface area contributed by atoms with E-state index in [0.29, 0.717) is 11.8 Å². The van der Waals surface area contributed by atoms with Crippen molar-refractivity contribution in [1.29, 1.82) is 0 Å². The van der Waals surface area contributed by atoms with Crippen LogP contribution in [0.2, 0.25) is 0 Å². The normalized spacial score (nSPS) is 17.5. The standard InChI is InChI=1S/C12H23NO2/c1-10(11-6-7-11)12(15)13(2)8-4-3-5-9-14/h10-11,14H,3-9H2,1-2H3. The van der Waals surface area contributed by atoms with E-state index in [2.05, 4.69) is 0 Å². The van der Waals surface area contributed by atoms with Gasteiger partial charge in [-0.25, -0.2) is 0 Å². The maximum atomic E-state index is 11.9. The molecule has 0 heterocycles. The largest absolute Gasteiger partial charge is 0.396 e. The molecule has 0 spiro atoms. The lowest BCUT2D eigenvalue weighted by atomic mass is 10.1. The van der Waals surface area contributed by atoms with Crippen LogP contribution in [0.4, 0.5) is 0 Å². The van der Waals surface area contributed by atoms with Gasteiger partial charge in [0.25, 0.3) is 0 Å². The van der Waals surface area contributed by atoms with Gasteiger partial charge in [0.05, 0.1) is 0 Å². The van der Waals surface area contributed by atoms with Gasteiger partial charge in [0.1, 0.15) is 0 Å². The molecular formula is C12H23NO2. The lowest BCUT2D eigenvalue weighted by molar-refractivity contribution is -0.134. The summed E-state index contributed by atoms with van der Waals surface area (Å²) in [4.78, 5) is 13.7. The lowest BCUT2D eigenvalue weighted by Crippen LogP contribution is -2.33. The van der Waals surface area contributed by atoms with Gasteiger partial charge in [-0.3, -0.25) is 4.79 Å². The molecule has 1 amide bonds. The van der Waals surface area contributed by atoms with E-state index in [0.717, 1.165) is 25.8 Å². The van der Waals surface area contributed by atoms with Crippen molar-refractivity contribution >= 4 is 5.91 Å². The van der Waals surface area contributed by atoms with E-state index in [9.17, 15) is 4.79 Å². The molecule has 0 saturated heterocycles. The maximum absolute atomic E-state index is 11.9. The van der Waals surface area contributed by atoms with Crippen LogP contribution in [0.3, 0.4) is 0 Å². The van der Waals surface area contributed by atoms with Gasteiger partial charge in [-0.15, -0.1) is 0 Å². The van der Waals surface area contributed by atoms with Crippen LogP contribution >= 0.6 is 0 Å². The summed E-state index contributed by atoms with van der Waals surface area (Å²) >= 11 is 0. The lowest BCUT2D eigenvalue weighted by Gasteiger charge is -2.21. The molecule has 0 aliphatic heterocycles. The van der Waals surface area contributed by atoms with Crippen LogP contribution in [0.25, 0.3) is 0 Å². The maximum Gasteiger partial charge on any atom is 0.225 e. The van der Waals surface area contributed by atoms with Crippen LogP contribution < -0.4 is 0 Å². The first-order valence-corrected chi connectivity index (χ1v) is 6.02. The minimum Gasteiger partial charge on any atom is -0.396 e. The fraction of sp³-hybridized carbons (Fsp3) is 0.917. The second-order valence-corrected chi connectivity index (χ2v) is 4.67. The number of aliphatic hydroxyl groups excluding tert-OH is 1. The average molecular weight is 213 g/mol. The molecule has 0 aromatic carbocycles. The first-order chi connectivity index (χ1) is 7.16. The third-order valence-electron chi connectivity index (χ3n) is 3.25. The molecule has 0 radical (unpaired) electrons. The highest BCUT2D eigenvalue weighted by Crippen LogP contribution is 2.37. The zero-order chi connectivity index (χ0) is 11.3. The fourth-order valence-corrected chi connectivity index (χ4v) is 1.89. The summed E-state index contributed by atoms with van der Waals surface area (Å²) in [6, 6.07) is 0. The number of nitrogens with zero attached hydrogens (tertiary/aromatic N) is 1. The molecule has 88 valence electrons. The molecular weight excluding hydrogens is 190 g/mol. The Morgan fingerprint density at radius 1 is 1.40 bits per heavy atom. The number of rotatable bonds is 7. The molecule has 1 rings (SSSR count). The van der Waals surface area contributed by atoms with Gasteiger partial charge < -0.3 is 10.0 Å². The number of carbonyl (C=O) groups excluding carboxylic acids is 1. The Bertz CT molecular complexity index is 202. The van der Waals surface area contributed by atoms with Gasteiger partial charge in [-0.2, -0.15) is 0 Å². The minimum atomic E-state index is 0.216. The average Bonchev–Trinajstić information content (AvgIpc) is 3.05. The van der Waals surface area contributed by atoms with E-state index >= 15 is 0 Å². The van der Waals surface area contributed by atoms with E-state index in [4.69, 9.17) is 5.11 Å². The topological polar surface area (TPSA) is 40.5 Å². The van der Waals surface area contributed by atoms with Crippen molar-refractivity contribution < 1.29 is 9.90 Å². The number of hydrogen-bond acceptors (Lipinski definition) is 2. The number of amides is 1. The first kappa shape index (κ1) is 12.5. The van der Waals surface area contributed by atoms with E-state index in [1.54, 1.807) is 0 Å². The molecule has 15 heavy (non-hydrogen) atoms. The van der Waals surface area contributed by atoms with Crippen LogP contribution in [0, 0.1) is 11.8 Å². The third-order valence-corrected chi connectivity index (χ3v) is 3.25. The van der Waals surface area contributed by atoms with Crippen molar-refractivity contribution in [3.8, 4) is 0 Å². The Balaban J connectivity index is 2.14. The Morgan fingerprint density at radius 2 is 2.07 bits per heavy atom. The van der Waals surface area contributed by atoms with Gasteiger partial charge in [-0.05, 0) is 38.0 Å². The van der Waals surface area contributed by atoms with Gasteiger partial charge in [0.2, 0.25) is 5.91 Å². The van der Waals surface area contributed by atoms with E-state index in [-0.39, 0.29) is 12.5 Å². The number of unbranched alkanes of at least 4 members (excludes halogenated alkanes) is 2. The Kier molecular flexibility index (Phi) is 5.09. The number of carbonyl (C=O) groups is 1. The molecule has 0 aromatic heterocycles. The molecule has 1 saturated carbocycles. The molecule has 1 fully saturated rings. The fourth-order valence-electron chi connectivity index (χ4n) is 1.89. The molecule has 1 N–H and O–H groups in total. The highest BCUT2D eigenvalue weighted by Gasteiger charge is 2.33. The van der Waals surface area contributed by atoms with Gasteiger partial charge in [0.15, 0.2) is 0 Å². The summed E-state index contributed by atoms with van der Waals surface area (Å²) in [6.07, 6.45) is 5.31. The van der Waals surface area contributed by atoms with Crippen molar-refractivity contribution in [2.45, 2.75) is 39.0 Å². The summed E-state index contributed by atoms with van der Waals surface area (Å²) < 4.78 is 0. The molecule has 1 atom stereocenters. The highest BCUT2D eigenvalue weighted by molar-refractivity contribution is 5.78. The van der Waals surface area contributed by atoms with Gasteiger partial charge >= 0.3 is 0 Å². The predicted molar refractivity (Wildman–Crippen MR) is 60.5 cm³/mol. The molecule has 1 unspecified atom stereocenters. The summed E-state index contributed by atoms with van der Waals surface area (Å²) in [7, 11) is 1.89. The second kappa shape index (κ2) is 6.11. The van der Waals surface area contributed by atoms with Crippen LogP contribution in [0.5, 0.6) is 0 Å². The van der Waals surface area contributed by atoms with Crippen molar-refractivity contribution in [3.05, 3.63) is 0 Å². The Hall–Kier alpha value is -0.570. The Morgan fingerprint density at radius 3 is 2.60 bits per heavy atom. The SMILES string of the molecule is CC(C(=O)N(C)CCCCCO)C1CC1. The number of hydrogen-bond donors (Lipinski definition) is 1. The van der Waals surface area contributed by atoms with Gasteiger partial charge in [-0.1, -0.05) is 6.92 Å². The molecule has 0 aromatic rings. The molecule has 1 aliphatic carbocycles. The summed E-state index contributed by atoms with van der Waals surface area (Å²) in [6.45, 7) is 3.14. The predicted octanol–water partition coefficient (Wildman–Crippen LogP) is 1.65. The Labute approximate surface area is 92.5 Å². The van der Waals surface area contributed by atoms with Crippen LogP contribution in [0.1, 0.15) is 39.0 Å². The van der Waals surface area contributed by atoms with Crippen LogP contribution in [-0.4, -0.2) is 36.1 Å². The van der Waals surface area contributed by atoms with Gasteiger partial charge in [0, 0.05) is 26.1 Å².